The molecule has 2 rings (SSSR count). The van der Waals surface area contributed by atoms with Crippen LogP contribution < -0.4 is 10.6 Å². The predicted molar refractivity (Wildman–Crippen MR) is 103 cm³/mol. The van der Waals surface area contributed by atoms with Gasteiger partial charge in [-0.3, -0.25) is 9.59 Å². The molecule has 3 amide bonds. The zero-order valence-corrected chi connectivity index (χ0v) is 17.1. The van der Waals surface area contributed by atoms with Gasteiger partial charge in [0, 0.05) is 19.1 Å². The summed E-state index contributed by atoms with van der Waals surface area (Å²) in [7, 11) is 1.28. The molecular weight excluding hydrogens is 368 g/mol. The second-order valence-corrected chi connectivity index (χ2v) is 8.01. The summed E-state index contributed by atoms with van der Waals surface area (Å²) in [5, 5.41) is 5.66. The SMILES string of the molecule is COC(=O)NC(CC(C)C)C(=O)N1CCC(NC(=O)c2scnc2C)CC1. The third kappa shape index (κ3) is 5.92. The fourth-order valence-electron chi connectivity index (χ4n) is 3.13. The maximum absolute atomic E-state index is 12.8. The molecule has 0 bridgehead atoms. The number of thiazole rings is 1. The van der Waals surface area contributed by atoms with Crippen molar-refractivity contribution >= 4 is 29.2 Å². The van der Waals surface area contributed by atoms with Gasteiger partial charge in [0.25, 0.3) is 5.91 Å². The molecule has 1 aliphatic rings. The molecule has 0 saturated carbocycles. The average Bonchev–Trinajstić information content (AvgIpc) is 3.06. The monoisotopic (exact) mass is 396 g/mol. The lowest BCUT2D eigenvalue weighted by Crippen LogP contribution is -2.53. The van der Waals surface area contributed by atoms with E-state index in [1.54, 1.807) is 10.4 Å². The number of aromatic nitrogens is 1. The quantitative estimate of drug-likeness (QED) is 0.765. The summed E-state index contributed by atoms with van der Waals surface area (Å²) in [6.45, 7) is 6.91. The van der Waals surface area contributed by atoms with E-state index in [0.29, 0.717) is 37.2 Å². The minimum absolute atomic E-state index is 0.0279. The van der Waals surface area contributed by atoms with E-state index in [4.69, 9.17) is 0 Å². The second-order valence-electron chi connectivity index (χ2n) is 7.16. The third-order valence-electron chi connectivity index (χ3n) is 4.58. The largest absolute Gasteiger partial charge is 0.453 e. The summed E-state index contributed by atoms with van der Waals surface area (Å²) in [5.74, 6) is 0.0533. The number of rotatable bonds is 6. The predicted octanol–water partition coefficient (Wildman–Crippen LogP) is 1.94. The van der Waals surface area contributed by atoms with Gasteiger partial charge in [0.1, 0.15) is 10.9 Å². The molecule has 0 aliphatic carbocycles. The average molecular weight is 397 g/mol. The number of amides is 3. The number of carbonyl (C=O) groups excluding carboxylic acids is 3. The molecule has 2 heterocycles. The third-order valence-corrected chi connectivity index (χ3v) is 5.50. The van der Waals surface area contributed by atoms with Crippen molar-refractivity contribution in [3.05, 3.63) is 16.1 Å². The maximum Gasteiger partial charge on any atom is 0.407 e. The van der Waals surface area contributed by atoms with E-state index in [-0.39, 0.29) is 23.8 Å². The van der Waals surface area contributed by atoms with Crippen LogP contribution in [0.25, 0.3) is 0 Å². The van der Waals surface area contributed by atoms with Gasteiger partial charge in [-0.15, -0.1) is 11.3 Å². The molecule has 2 N–H and O–H groups in total. The number of likely N-dealkylation sites (tertiary alicyclic amines) is 1. The summed E-state index contributed by atoms with van der Waals surface area (Å²) in [6, 6.07) is -0.566. The topological polar surface area (TPSA) is 101 Å². The fourth-order valence-corrected chi connectivity index (χ4v) is 3.83. The van der Waals surface area contributed by atoms with Crippen LogP contribution >= 0.6 is 11.3 Å². The van der Waals surface area contributed by atoms with Gasteiger partial charge in [-0.25, -0.2) is 9.78 Å². The van der Waals surface area contributed by atoms with Gasteiger partial charge >= 0.3 is 6.09 Å². The molecule has 27 heavy (non-hydrogen) atoms. The summed E-state index contributed by atoms with van der Waals surface area (Å²) >= 11 is 1.33. The Balaban J connectivity index is 1.89. The molecule has 1 unspecified atom stereocenters. The lowest BCUT2D eigenvalue weighted by Gasteiger charge is -2.35. The first-order valence-electron chi connectivity index (χ1n) is 9.16. The van der Waals surface area contributed by atoms with Crippen LogP contribution in [-0.2, 0) is 9.53 Å². The molecule has 150 valence electrons. The molecule has 1 fully saturated rings. The second kappa shape index (κ2) is 9.68. The lowest BCUT2D eigenvalue weighted by molar-refractivity contribution is -0.134. The number of piperidine rings is 1. The minimum atomic E-state index is -0.601. The Labute approximate surface area is 163 Å². The van der Waals surface area contributed by atoms with Crippen molar-refractivity contribution in [2.24, 2.45) is 5.92 Å². The van der Waals surface area contributed by atoms with Gasteiger partial charge in [-0.05, 0) is 32.1 Å². The van der Waals surface area contributed by atoms with E-state index in [2.05, 4.69) is 20.4 Å². The highest BCUT2D eigenvalue weighted by molar-refractivity contribution is 7.11. The van der Waals surface area contributed by atoms with E-state index in [1.807, 2.05) is 20.8 Å². The van der Waals surface area contributed by atoms with E-state index in [9.17, 15) is 14.4 Å². The molecule has 1 atom stereocenters. The molecule has 1 aromatic rings. The minimum Gasteiger partial charge on any atom is -0.453 e. The molecule has 1 aromatic heterocycles. The number of alkyl carbamates (subject to hydrolysis) is 1. The van der Waals surface area contributed by atoms with Gasteiger partial charge in [0.15, 0.2) is 0 Å². The number of nitrogens with zero attached hydrogens (tertiary/aromatic N) is 2. The smallest absolute Gasteiger partial charge is 0.407 e. The summed E-state index contributed by atoms with van der Waals surface area (Å²) < 4.78 is 4.63. The fraction of sp³-hybridized carbons (Fsp3) is 0.667. The number of hydrogen-bond donors (Lipinski definition) is 2. The summed E-state index contributed by atoms with van der Waals surface area (Å²) in [4.78, 5) is 43.2. The summed E-state index contributed by atoms with van der Waals surface area (Å²) in [5.41, 5.74) is 2.39. The van der Waals surface area contributed by atoms with Crippen molar-refractivity contribution in [1.29, 1.82) is 0 Å². The molecule has 9 heteroatoms. The van der Waals surface area contributed by atoms with Crippen LogP contribution in [0.1, 0.15) is 48.5 Å². The summed E-state index contributed by atoms with van der Waals surface area (Å²) in [6.07, 6.45) is 1.31. The van der Waals surface area contributed by atoms with Crippen LogP contribution in [-0.4, -0.2) is 60.1 Å². The van der Waals surface area contributed by atoms with Crippen LogP contribution in [0.3, 0.4) is 0 Å². The van der Waals surface area contributed by atoms with E-state index < -0.39 is 12.1 Å². The Morgan fingerprint density at radius 2 is 2.00 bits per heavy atom. The van der Waals surface area contributed by atoms with Crippen LogP contribution in [0.4, 0.5) is 4.79 Å². The van der Waals surface area contributed by atoms with E-state index in [0.717, 1.165) is 5.69 Å². The zero-order chi connectivity index (χ0) is 20.0. The van der Waals surface area contributed by atoms with Crippen molar-refractivity contribution < 1.29 is 19.1 Å². The number of nitrogens with one attached hydrogen (secondary N) is 2. The Morgan fingerprint density at radius 3 is 2.52 bits per heavy atom. The van der Waals surface area contributed by atoms with Crippen LogP contribution in [0.2, 0.25) is 0 Å². The van der Waals surface area contributed by atoms with Crippen molar-refractivity contribution in [3.63, 3.8) is 0 Å². The Hall–Kier alpha value is -2.16. The standard InChI is InChI=1S/C18H28N4O4S/c1-11(2)9-14(21-18(25)26-4)17(24)22-7-5-13(6-8-22)20-16(23)15-12(3)19-10-27-15/h10-11,13-14H,5-9H2,1-4H3,(H,20,23)(H,21,25). The van der Waals surface area contributed by atoms with Gasteiger partial charge < -0.3 is 20.3 Å². The molecule has 0 radical (unpaired) electrons. The van der Waals surface area contributed by atoms with Crippen LogP contribution in [0, 0.1) is 12.8 Å². The lowest BCUT2D eigenvalue weighted by atomic mass is 10.00. The van der Waals surface area contributed by atoms with E-state index >= 15 is 0 Å². The van der Waals surface area contributed by atoms with E-state index in [1.165, 1.54) is 18.4 Å². The molecule has 8 nitrogen and oxygen atoms in total. The van der Waals surface area contributed by atoms with Crippen LogP contribution in [0.5, 0.6) is 0 Å². The number of ether oxygens (including phenoxy) is 1. The number of methoxy groups -OCH3 is 1. The first-order chi connectivity index (χ1) is 12.8. The van der Waals surface area contributed by atoms with Gasteiger partial charge in [0.05, 0.1) is 18.3 Å². The van der Waals surface area contributed by atoms with Gasteiger partial charge in [-0.2, -0.15) is 0 Å². The first-order valence-corrected chi connectivity index (χ1v) is 10.0. The Kier molecular flexibility index (Phi) is 7.58. The Morgan fingerprint density at radius 1 is 1.33 bits per heavy atom. The molecule has 0 spiro atoms. The van der Waals surface area contributed by atoms with Gasteiger partial charge in [0.2, 0.25) is 5.91 Å². The molecule has 1 saturated heterocycles. The molecule has 0 aromatic carbocycles. The number of hydrogen-bond acceptors (Lipinski definition) is 6. The van der Waals surface area contributed by atoms with Crippen LogP contribution in [0.15, 0.2) is 5.51 Å². The Bertz CT molecular complexity index is 668. The highest BCUT2D eigenvalue weighted by Gasteiger charge is 2.30. The van der Waals surface area contributed by atoms with Crippen molar-refractivity contribution in [3.8, 4) is 0 Å². The zero-order valence-electron chi connectivity index (χ0n) is 16.3. The maximum atomic E-state index is 12.8. The first kappa shape index (κ1) is 21.1. The highest BCUT2D eigenvalue weighted by Crippen LogP contribution is 2.17. The van der Waals surface area contributed by atoms with Crippen molar-refractivity contribution in [1.82, 2.24) is 20.5 Å². The normalized spacial score (nSPS) is 16.1. The molecular formula is C18H28N4O4S. The molecule has 1 aliphatic heterocycles. The number of carbonyl (C=O) groups is 3. The van der Waals surface area contributed by atoms with Crippen molar-refractivity contribution in [2.45, 2.75) is 52.1 Å². The van der Waals surface area contributed by atoms with Crippen molar-refractivity contribution in [2.75, 3.05) is 20.2 Å². The highest BCUT2D eigenvalue weighted by atomic mass is 32.1. The number of aryl methyl sites for hydroxylation is 1. The van der Waals surface area contributed by atoms with Gasteiger partial charge in [-0.1, -0.05) is 13.8 Å².